The predicted octanol–water partition coefficient (Wildman–Crippen LogP) is 2.88. The second-order valence-electron chi connectivity index (χ2n) is 8.68. The van der Waals surface area contributed by atoms with Gasteiger partial charge in [0.25, 0.3) is 0 Å². The first-order chi connectivity index (χ1) is 14.8. The Morgan fingerprint density at radius 2 is 1.80 bits per heavy atom. The molecule has 1 amide bonds. The van der Waals surface area contributed by atoms with E-state index in [1.807, 2.05) is 34.4 Å². The first kappa shape index (κ1) is 19.5. The van der Waals surface area contributed by atoms with Gasteiger partial charge in [0.15, 0.2) is 0 Å². The van der Waals surface area contributed by atoms with Crippen LogP contribution in [-0.2, 0) is 9.53 Å². The van der Waals surface area contributed by atoms with Gasteiger partial charge in [-0.05, 0) is 44.4 Å². The van der Waals surface area contributed by atoms with E-state index in [-0.39, 0.29) is 6.23 Å². The molecule has 1 atom stereocenters. The molecule has 3 aliphatic rings. The highest BCUT2D eigenvalue weighted by molar-refractivity contribution is 5.78. The van der Waals surface area contributed by atoms with Gasteiger partial charge in [-0.2, -0.15) is 5.10 Å². The van der Waals surface area contributed by atoms with Crippen molar-refractivity contribution in [2.75, 3.05) is 37.7 Å². The smallest absolute Gasteiger partial charge is 0.225 e. The van der Waals surface area contributed by atoms with Crippen LogP contribution in [0.5, 0.6) is 0 Å². The topological polar surface area (TPSA) is 76.4 Å². The normalized spacial score (nSPS) is 23.3. The van der Waals surface area contributed by atoms with Crippen molar-refractivity contribution in [3.63, 3.8) is 0 Å². The Hall–Kier alpha value is -2.48. The number of rotatable bonds is 5. The minimum absolute atomic E-state index is 0.0461. The van der Waals surface area contributed by atoms with E-state index in [1.165, 1.54) is 6.42 Å². The van der Waals surface area contributed by atoms with Gasteiger partial charge in [0.1, 0.15) is 6.23 Å². The summed E-state index contributed by atoms with van der Waals surface area (Å²) in [6, 6.07) is 0. The average molecular weight is 411 g/mol. The number of nitrogens with zero attached hydrogens (tertiary/aromatic N) is 6. The molecule has 1 unspecified atom stereocenters. The zero-order valence-corrected chi connectivity index (χ0v) is 17.4. The summed E-state index contributed by atoms with van der Waals surface area (Å²) in [5.74, 6) is 1.71. The molecule has 5 rings (SSSR count). The number of carbonyl (C=O) groups excluding carboxylic acids is 1. The summed E-state index contributed by atoms with van der Waals surface area (Å²) in [5, 5.41) is 4.48. The minimum atomic E-state index is 0.0461. The first-order valence-electron chi connectivity index (χ1n) is 11.3. The highest BCUT2D eigenvalue weighted by Crippen LogP contribution is 2.26. The van der Waals surface area contributed by atoms with Crippen molar-refractivity contribution < 1.29 is 9.53 Å². The molecule has 5 heterocycles. The molecule has 3 aliphatic heterocycles. The average Bonchev–Trinajstić information content (AvgIpc) is 3.45. The number of amides is 1. The lowest BCUT2D eigenvalue weighted by Gasteiger charge is -2.33. The van der Waals surface area contributed by atoms with Crippen LogP contribution in [-0.4, -0.2) is 63.3 Å². The van der Waals surface area contributed by atoms with E-state index in [1.54, 1.807) is 0 Å². The molecule has 0 N–H and O–H groups in total. The number of likely N-dealkylation sites (tertiary alicyclic amines) is 1. The number of hydrogen-bond acceptors (Lipinski definition) is 6. The van der Waals surface area contributed by atoms with Gasteiger partial charge in [0.05, 0.1) is 6.20 Å². The Bertz CT molecular complexity index is 853. The predicted molar refractivity (Wildman–Crippen MR) is 113 cm³/mol. The Morgan fingerprint density at radius 3 is 2.50 bits per heavy atom. The number of aromatic nitrogens is 4. The van der Waals surface area contributed by atoms with Crippen LogP contribution in [0.1, 0.15) is 51.2 Å². The number of ether oxygens (including phenoxy) is 1. The Labute approximate surface area is 177 Å². The van der Waals surface area contributed by atoms with E-state index in [0.29, 0.717) is 11.8 Å². The fourth-order valence-corrected chi connectivity index (χ4v) is 4.73. The molecule has 0 saturated carbocycles. The Morgan fingerprint density at radius 1 is 0.967 bits per heavy atom. The zero-order chi connectivity index (χ0) is 20.3. The molecule has 3 saturated heterocycles. The lowest BCUT2D eigenvalue weighted by Crippen LogP contribution is -2.39. The van der Waals surface area contributed by atoms with E-state index >= 15 is 0 Å². The molecule has 0 aliphatic carbocycles. The summed E-state index contributed by atoms with van der Waals surface area (Å²) in [6.45, 7) is 4.56. The van der Waals surface area contributed by atoms with Crippen LogP contribution in [0.25, 0.3) is 11.1 Å². The number of anilines is 1. The van der Waals surface area contributed by atoms with Crippen molar-refractivity contribution in [3.05, 3.63) is 24.8 Å². The van der Waals surface area contributed by atoms with Crippen LogP contribution in [0.2, 0.25) is 0 Å². The van der Waals surface area contributed by atoms with Crippen molar-refractivity contribution in [3.8, 4) is 11.1 Å². The second kappa shape index (κ2) is 8.71. The van der Waals surface area contributed by atoms with Gasteiger partial charge in [-0.15, -0.1) is 0 Å². The molecule has 8 nitrogen and oxygen atoms in total. The van der Waals surface area contributed by atoms with Gasteiger partial charge < -0.3 is 14.5 Å². The van der Waals surface area contributed by atoms with Crippen LogP contribution < -0.4 is 4.90 Å². The third-order valence-electron chi connectivity index (χ3n) is 6.57. The van der Waals surface area contributed by atoms with Gasteiger partial charge in [0, 0.05) is 68.9 Å². The molecule has 0 bridgehead atoms. The summed E-state index contributed by atoms with van der Waals surface area (Å²) >= 11 is 0. The summed E-state index contributed by atoms with van der Waals surface area (Å²) in [4.78, 5) is 25.4. The molecule has 0 spiro atoms. The maximum atomic E-state index is 11.9. The summed E-state index contributed by atoms with van der Waals surface area (Å²) < 4.78 is 7.72. The van der Waals surface area contributed by atoms with E-state index < -0.39 is 0 Å². The summed E-state index contributed by atoms with van der Waals surface area (Å²) in [7, 11) is 0. The zero-order valence-electron chi connectivity index (χ0n) is 17.4. The third kappa shape index (κ3) is 4.19. The van der Waals surface area contributed by atoms with Crippen LogP contribution in [0.15, 0.2) is 24.8 Å². The van der Waals surface area contributed by atoms with Gasteiger partial charge in [0.2, 0.25) is 11.9 Å². The Kier molecular flexibility index (Phi) is 5.66. The SMILES string of the molecule is O=C1CCCN1CC1CCN(c2ncc(-c3cnn(C4CCCCO4)c3)cn2)CC1. The van der Waals surface area contributed by atoms with Crippen LogP contribution in [0, 0.1) is 5.92 Å². The lowest BCUT2D eigenvalue weighted by molar-refractivity contribution is -0.128. The highest BCUT2D eigenvalue weighted by Gasteiger charge is 2.27. The van der Waals surface area contributed by atoms with Crippen molar-refractivity contribution in [2.45, 2.75) is 51.2 Å². The van der Waals surface area contributed by atoms with Crippen LogP contribution in [0.3, 0.4) is 0 Å². The quantitative estimate of drug-likeness (QED) is 0.754. The molecule has 0 radical (unpaired) electrons. The molecule has 30 heavy (non-hydrogen) atoms. The number of hydrogen-bond donors (Lipinski definition) is 0. The molecular formula is C22H30N6O2. The second-order valence-corrected chi connectivity index (χ2v) is 8.68. The highest BCUT2D eigenvalue weighted by atomic mass is 16.5. The number of piperidine rings is 1. The van der Waals surface area contributed by atoms with Crippen molar-refractivity contribution in [1.29, 1.82) is 0 Å². The monoisotopic (exact) mass is 410 g/mol. The minimum Gasteiger partial charge on any atom is -0.357 e. The molecule has 2 aromatic rings. The van der Waals surface area contributed by atoms with E-state index in [2.05, 4.69) is 20.0 Å². The van der Waals surface area contributed by atoms with E-state index in [4.69, 9.17) is 4.74 Å². The summed E-state index contributed by atoms with van der Waals surface area (Å²) in [5.41, 5.74) is 1.99. The van der Waals surface area contributed by atoms with Gasteiger partial charge in [-0.3, -0.25) is 4.79 Å². The Balaban J connectivity index is 1.17. The molecule has 160 valence electrons. The van der Waals surface area contributed by atoms with Crippen molar-refractivity contribution in [1.82, 2.24) is 24.6 Å². The van der Waals surface area contributed by atoms with Gasteiger partial charge in [-0.1, -0.05) is 0 Å². The molecule has 8 heteroatoms. The third-order valence-corrected chi connectivity index (χ3v) is 6.57. The van der Waals surface area contributed by atoms with Crippen molar-refractivity contribution in [2.24, 2.45) is 5.92 Å². The fourth-order valence-electron chi connectivity index (χ4n) is 4.73. The number of carbonyl (C=O) groups is 1. The van der Waals surface area contributed by atoms with Gasteiger partial charge >= 0.3 is 0 Å². The van der Waals surface area contributed by atoms with E-state index in [0.717, 1.165) is 88.4 Å². The largest absolute Gasteiger partial charge is 0.357 e. The first-order valence-corrected chi connectivity index (χ1v) is 11.3. The van der Waals surface area contributed by atoms with Gasteiger partial charge in [-0.25, -0.2) is 14.6 Å². The molecule has 0 aromatic carbocycles. The van der Waals surface area contributed by atoms with Crippen LogP contribution >= 0.6 is 0 Å². The maximum absolute atomic E-state index is 11.9. The van der Waals surface area contributed by atoms with E-state index in [9.17, 15) is 4.79 Å². The standard InChI is InChI=1S/C22H30N6O2/c29-20-4-3-8-27(20)15-17-6-9-26(10-7-17)22-23-12-18(13-24-22)19-14-25-28(16-19)21-5-1-2-11-30-21/h12-14,16-17,21H,1-11,15H2. The lowest BCUT2D eigenvalue weighted by atomic mass is 9.96. The maximum Gasteiger partial charge on any atom is 0.225 e. The van der Waals surface area contributed by atoms with Crippen molar-refractivity contribution >= 4 is 11.9 Å². The molecule has 3 fully saturated rings. The molecule has 2 aromatic heterocycles. The van der Waals surface area contributed by atoms with Crippen LogP contribution in [0.4, 0.5) is 5.95 Å². The summed E-state index contributed by atoms with van der Waals surface area (Å²) in [6.07, 6.45) is 15.0. The fraction of sp³-hybridized carbons (Fsp3) is 0.636. The molecular weight excluding hydrogens is 380 g/mol.